The van der Waals surface area contributed by atoms with Crippen LogP contribution in [0, 0.1) is 0 Å². The number of amides is 1. The number of primary amides is 1. The first-order chi connectivity index (χ1) is 8.25. The molecule has 1 aromatic heterocycles. The van der Waals surface area contributed by atoms with Crippen LogP contribution < -0.4 is 11.1 Å². The maximum absolute atomic E-state index is 10.9. The largest absolute Gasteiger partial charge is 0.366 e. The summed E-state index contributed by atoms with van der Waals surface area (Å²) in [5.74, 6) is -0.401. The van der Waals surface area contributed by atoms with Gasteiger partial charge in [0.2, 0.25) is 5.91 Å². The number of hydrogen-bond acceptors (Lipinski definition) is 3. The highest BCUT2D eigenvalue weighted by Gasteiger charge is 1.99. The van der Waals surface area contributed by atoms with E-state index in [4.69, 9.17) is 5.73 Å². The smallest absolute Gasteiger partial charge is 0.248 e. The van der Waals surface area contributed by atoms with Gasteiger partial charge in [-0.2, -0.15) is 5.10 Å². The SMILES string of the molecule is NC(=O)c1ccc(CNCc2ccn[nH]2)cc1. The monoisotopic (exact) mass is 230 g/mol. The Kier molecular flexibility index (Phi) is 3.52. The zero-order valence-electron chi connectivity index (χ0n) is 9.31. The molecule has 0 aliphatic carbocycles. The minimum absolute atomic E-state index is 0.401. The number of aromatic amines is 1. The van der Waals surface area contributed by atoms with Gasteiger partial charge in [-0.3, -0.25) is 9.89 Å². The highest BCUT2D eigenvalue weighted by molar-refractivity contribution is 5.92. The third-order valence-corrected chi connectivity index (χ3v) is 2.44. The van der Waals surface area contributed by atoms with Crippen LogP contribution in [0.15, 0.2) is 36.5 Å². The van der Waals surface area contributed by atoms with Crippen molar-refractivity contribution in [2.24, 2.45) is 5.73 Å². The van der Waals surface area contributed by atoms with E-state index in [1.165, 1.54) is 0 Å². The van der Waals surface area contributed by atoms with Crippen LogP contribution in [0.4, 0.5) is 0 Å². The fraction of sp³-hybridized carbons (Fsp3) is 0.167. The van der Waals surface area contributed by atoms with Gasteiger partial charge in [0, 0.05) is 30.5 Å². The average Bonchev–Trinajstić information content (AvgIpc) is 2.83. The zero-order chi connectivity index (χ0) is 12.1. The van der Waals surface area contributed by atoms with Gasteiger partial charge in [-0.25, -0.2) is 0 Å². The molecule has 4 N–H and O–H groups in total. The second-order valence-electron chi connectivity index (χ2n) is 3.75. The summed E-state index contributed by atoms with van der Waals surface area (Å²) in [5, 5.41) is 10.0. The lowest BCUT2D eigenvalue weighted by atomic mass is 10.1. The lowest BCUT2D eigenvalue weighted by Gasteiger charge is -2.04. The molecule has 0 radical (unpaired) electrons. The van der Waals surface area contributed by atoms with Crippen molar-refractivity contribution in [1.82, 2.24) is 15.5 Å². The van der Waals surface area contributed by atoms with Gasteiger partial charge >= 0.3 is 0 Å². The Morgan fingerprint density at radius 3 is 2.59 bits per heavy atom. The van der Waals surface area contributed by atoms with Crippen LogP contribution >= 0.6 is 0 Å². The lowest BCUT2D eigenvalue weighted by molar-refractivity contribution is 0.100. The number of H-pyrrole nitrogens is 1. The van der Waals surface area contributed by atoms with Crippen molar-refractivity contribution in [3.05, 3.63) is 53.3 Å². The fourth-order valence-corrected chi connectivity index (χ4v) is 1.51. The van der Waals surface area contributed by atoms with E-state index < -0.39 is 5.91 Å². The van der Waals surface area contributed by atoms with Gasteiger partial charge in [-0.1, -0.05) is 12.1 Å². The molecule has 2 rings (SSSR count). The van der Waals surface area contributed by atoms with Gasteiger partial charge in [-0.05, 0) is 23.8 Å². The molecule has 0 atom stereocenters. The van der Waals surface area contributed by atoms with E-state index in [1.54, 1.807) is 18.3 Å². The first-order valence-corrected chi connectivity index (χ1v) is 5.33. The molecule has 17 heavy (non-hydrogen) atoms. The molecule has 1 heterocycles. The Hall–Kier alpha value is -2.14. The number of rotatable bonds is 5. The van der Waals surface area contributed by atoms with Gasteiger partial charge in [-0.15, -0.1) is 0 Å². The van der Waals surface area contributed by atoms with Crippen LogP contribution in [0.5, 0.6) is 0 Å². The quantitative estimate of drug-likeness (QED) is 0.710. The second kappa shape index (κ2) is 5.27. The van der Waals surface area contributed by atoms with Crippen molar-refractivity contribution in [2.75, 3.05) is 0 Å². The van der Waals surface area contributed by atoms with Gasteiger partial charge in [0.05, 0.1) is 0 Å². The second-order valence-corrected chi connectivity index (χ2v) is 3.75. The maximum Gasteiger partial charge on any atom is 0.248 e. The minimum atomic E-state index is -0.401. The fourth-order valence-electron chi connectivity index (χ4n) is 1.51. The molecule has 1 aromatic carbocycles. The van der Waals surface area contributed by atoms with Gasteiger partial charge in [0.25, 0.3) is 0 Å². The van der Waals surface area contributed by atoms with E-state index in [1.807, 2.05) is 18.2 Å². The summed E-state index contributed by atoms with van der Waals surface area (Å²) in [4.78, 5) is 10.9. The zero-order valence-corrected chi connectivity index (χ0v) is 9.31. The predicted octanol–water partition coefficient (Wildman–Crippen LogP) is 0.798. The van der Waals surface area contributed by atoms with E-state index >= 15 is 0 Å². The van der Waals surface area contributed by atoms with Crippen LogP contribution in [0.1, 0.15) is 21.6 Å². The molecule has 5 nitrogen and oxygen atoms in total. The molecule has 0 fully saturated rings. The van der Waals surface area contributed by atoms with Crippen LogP contribution in [0.25, 0.3) is 0 Å². The molecule has 1 amide bonds. The maximum atomic E-state index is 10.9. The minimum Gasteiger partial charge on any atom is -0.366 e. The van der Waals surface area contributed by atoms with Crippen molar-refractivity contribution in [3.8, 4) is 0 Å². The molecular formula is C12H14N4O. The summed E-state index contributed by atoms with van der Waals surface area (Å²) >= 11 is 0. The lowest BCUT2D eigenvalue weighted by Crippen LogP contribution is -2.14. The van der Waals surface area contributed by atoms with Crippen molar-refractivity contribution >= 4 is 5.91 Å². The number of aromatic nitrogens is 2. The number of carbonyl (C=O) groups excluding carboxylic acids is 1. The number of carbonyl (C=O) groups is 1. The topological polar surface area (TPSA) is 83.8 Å². The van der Waals surface area contributed by atoms with Crippen molar-refractivity contribution < 1.29 is 4.79 Å². The summed E-state index contributed by atoms with van der Waals surface area (Å²) < 4.78 is 0. The summed E-state index contributed by atoms with van der Waals surface area (Å²) in [6.07, 6.45) is 1.72. The molecule has 2 aromatic rings. The Morgan fingerprint density at radius 2 is 2.00 bits per heavy atom. The molecule has 0 saturated heterocycles. The molecule has 0 aliphatic rings. The van der Waals surface area contributed by atoms with E-state index in [2.05, 4.69) is 15.5 Å². The number of benzene rings is 1. The molecule has 0 spiro atoms. The number of nitrogens with two attached hydrogens (primary N) is 1. The van der Waals surface area contributed by atoms with Gasteiger partial charge < -0.3 is 11.1 Å². The third kappa shape index (κ3) is 3.15. The molecule has 0 saturated carbocycles. The van der Waals surface area contributed by atoms with Crippen LogP contribution in [-0.2, 0) is 13.1 Å². The Morgan fingerprint density at radius 1 is 1.24 bits per heavy atom. The molecule has 0 bridgehead atoms. The third-order valence-electron chi connectivity index (χ3n) is 2.44. The van der Waals surface area contributed by atoms with Gasteiger partial charge in [0.1, 0.15) is 0 Å². The molecule has 88 valence electrons. The summed E-state index contributed by atoms with van der Waals surface area (Å²) in [6.45, 7) is 1.47. The summed E-state index contributed by atoms with van der Waals surface area (Å²) in [5.41, 5.74) is 7.84. The summed E-state index contributed by atoms with van der Waals surface area (Å²) in [6, 6.07) is 9.16. The number of nitrogens with one attached hydrogen (secondary N) is 2. The molecule has 5 heteroatoms. The van der Waals surface area contributed by atoms with Crippen molar-refractivity contribution in [3.63, 3.8) is 0 Å². The first kappa shape index (κ1) is 11.3. The van der Waals surface area contributed by atoms with E-state index in [0.29, 0.717) is 5.56 Å². The predicted molar refractivity (Wildman–Crippen MR) is 64.1 cm³/mol. The van der Waals surface area contributed by atoms with E-state index in [0.717, 1.165) is 24.3 Å². The molecule has 0 unspecified atom stereocenters. The average molecular weight is 230 g/mol. The van der Waals surface area contributed by atoms with E-state index in [9.17, 15) is 4.79 Å². The van der Waals surface area contributed by atoms with Crippen LogP contribution in [-0.4, -0.2) is 16.1 Å². The summed E-state index contributed by atoms with van der Waals surface area (Å²) in [7, 11) is 0. The first-order valence-electron chi connectivity index (χ1n) is 5.33. The Labute approximate surface area is 99.0 Å². The highest BCUT2D eigenvalue weighted by Crippen LogP contribution is 2.03. The van der Waals surface area contributed by atoms with Gasteiger partial charge in [0.15, 0.2) is 0 Å². The van der Waals surface area contributed by atoms with E-state index in [-0.39, 0.29) is 0 Å². The van der Waals surface area contributed by atoms with Crippen molar-refractivity contribution in [1.29, 1.82) is 0 Å². The number of nitrogens with zero attached hydrogens (tertiary/aromatic N) is 1. The Balaban J connectivity index is 1.85. The number of hydrogen-bond donors (Lipinski definition) is 3. The molecular weight excluding hydrogens is 216 g/mol. The van der Waals surface area contributed by atoms with Crippen molar-refractivity contribution in [2.45, 2.75) is 13.1 Å². The Bertz CT molecular complexity index is 476. The van der Waals surface area contributed by atoms with Crippen LogP contribution in [0.2, 0.25) is 0 Å². The standard InChI is InChI=1S/C12H14N4O/c13-12(17)10-3-1-9(2-4-10)7-14-8-11-5-6-15-16-11/h1-6,14H,7-8H2,(H2,13,17)(H,15,16). The molecule has 0 aliphatic heterocycles. The normalized spacial score (nSPS) is 10.4. The van der Waals surface area contributed by atoms with Crippen LogP contribution in [0.3, 0.4) is 0 Å². The highest BCUT2D eigenvalue weighted by atomic mass is 16.1.